The van der Waals surface area contributed by atoms with Crippen molar-refractivity contribution in [2.45, 2.75) is 98.4 Å². The zero-order chi connectivity index (χ0) is 18.4. The van der Waals surface area contributed by atoms with Crippen LogP contribution >= 0.6 is 0 Å². The predicted molar refractivity (Wildman–Crippen MR) is 102 cm³/mol. The van der Waals surface area contributed by atoms with Crippen LogP contribution in [0.15, 0.2) is 0 Å². The molecule has 0 aromatic heterocycles. The third-order valence-corrected chi connectivity index (χ3v) is 4.22. The Hall–Kier alpha value is -1.06. The molecule has 4 nitrogen and oxygen atoms in total. The number of carbonyl (C=O) groups is 2. The summed E-state index contributed by atoms with van der Waals surface area (Å²) in [5.74, 6) is 0.356. The molecule has 0 heterocycles. The summed E-state index contributed by atoms with van der Waals surface area (Å²) in [6.07, 6.45) is 9.77. The van der Waals surface area contributed by atoms with E-state index in [-0.39, 0.29) is 11.8 Å². The Bertz CT molecular complexity index is 331. The van der Waals surface area contributed by atoms with Gasteiger partial charge in [-0.1, -0.05) is 66.2 Å². The van der Waals surface area contributed by atoms with Crippen molar-refractivity contribution in [2.24, 2.45) is 5.92 Å². The molecule has 4 heteroatoms. The van der Waals surface area contributed by atoms with Crippen molar-refractivity contribution in [3.05, 3.63) is 0 Å². The fourth-order valence-corrected chi connectivity index (χ4v) is 2.80. The predicted octanol–water partition coefficient (Wildman–Crippen LogP) is 4.53. The molecule has 142 valence electrons. The fraction of sp³-hybridized carbons (Fsp3) is 0.900. The highest BCUT2D eigenvalue weighted by molar-refractivity contribution is 5.87. The van der Waals surface area contributed by atoms with Crippen LogP contribution in [0.25, 0.3) is 0 Å². The lowest BCUT2D eigenvalue weighted by Gasteiger charge is -2.26. The van der Waals surface area contributed by atoms with Gasteiger partial charge in [-0.05, 0) is 25.7 Å². The number of nitrogens with zero attached hydrogens (tertiary/aromatic N) is 1. The van der Waals surface area contributed by atoms with Crippen LogP contribution in [0.4, 0.5) is 0 Å². The SMILES string of the molecule is CCCCCCN(CCCCCC)C(=O)C(C)NC(=O)CC(C)C. The standard InChI is InChI=1S/C20H40N2O2/c1-6-8-10-12-14-22(15-13-11-9-7-2)20(24)18(5)21-19(23)16-17(3)4/h17-18H,6-16H2,1-5H3,(H,21,23). The molecule has 0 bridgehead atoms. The highest BCUT2D eigenvalue weighted by Gasteiger charge is 2.21. The monoisotopic (exact) mass is 340 g/mol. The maximum absolute atomic E-state index is 12.7. The molecule has 1 N–H and O–H groups in total. The number of rotatable bonds is 14. The van der Waals surface area contributed by atoms with Crippen LogP contribution in [0.3, 0.4) is 0 Å². The van der Waals surface area contributed by atoms with Crippen LogP contribution in [0.1, 0.15) is 92.4 Å². The molecule has 1 atom stereocenters. The minimum absolute atomic E-state index is 0.0252. The van der Waals surface area contributed by atoms with Gasteiger partial charge < -0.3 is 10.2 Å². The molecule has 0 aliphatic heterocycles. The summed E-state index contributed by atoms with van der Waals surface area (Å²) in [6.45, 7) is 11.9. The molecule has 1 unspecified atom stereocenters. The minimum Gasteiger partial charge on any atom is -0.345 e. The second-order valence-corrected chi connectivity index (χ2v) is 7.33. The summed E-state index contributed by atoms with van der Waals surface area (Å²) in [5, 5.41) is 2.86. The van der Waals surface area contributed by atoms with Crippen LogP contribution in [-0.2, 0) is 9.59 Å². The van der Waals surface area contributed by atoms with Crippen LogP contribution in [0.2, 0.25) is 0 Å². The number of nitrogens with one attached hydrogen (secondary N) is 1. The maximum atomic E-state index is 12.7. The summed E-state index contributed by atoms with van der Waals surface area (Å²) in [4.78, 5) is 26.6. The average Bonchev–Trinajstić information content (AvgIpc) is 2.51. The quantitative estimate of drug-likeness (QED) is 0.472. The van der Waals surface area contributed by atoms with Crippen LogP contribution in [0.5, 0.6) is 0 Å². The number of amides is 2. The largest absolute Gasteiger partial charge is 0.345 e. The molecule has 0 aliphatic rings. The molecule has 0 spiro atoms. The van der Waals surface area contributed by atoms with Crippen molar-refractivity contribution in [2.75, 3.05) is 13.1 Å². The molecule has 0 rings (SSSR count). The second-order valence-electron chi connectivity index (χ2n) is 7.33. The van der Waals surface area contributed by atoms with E-state index in [0.29, 0.717) is 12.3 Å². The van der Waals surface area contributed by atoms with Gasteiger partial charge in [0.15, 0.2) is 0 Å². The van der Waals surface area contributed by atoms with Gasteiger partial charge >= 0.3 is 0 Å². The second kappa shape index (κ2) is 14.3. The Morgan fingerprint density at radius 2 is 1.33 bits per heavy atom. The first-order valence-corrected chi connectivity index (χ1v) is 10.00. The smallest absolute Gasteiger partial charge is 0.244 e. The van der Waals surface area contributed by atoms with Gasteiger partial charge in [-0.2, -0.15) is 0 Å². The van der Waals surface area contributed by atoms with E-state index in [0.717, 1.165) is 25.9 Å². The molecule has 2 amide bonds. The molecule has 0 saturated heterocycles. The number of hydrogen-bond acceptors (Lipinski definition) is 2. The van der Waals surface area contributed by atoms with Crippen molar-refractivity contribution in [3.8, 4) is 0 Å². The molecule has 0 aromatic rings. The van der Waals surface area contributed by atoms with Gasteiger partial charge in [0, 0.05) is 19.5 Å². The topological polar surface area (TPSA) is 49.4 Å². The molecule has 0 saturated carbocycles. The van der Waals surface area contributed by atoms with E-state index >= 15 is 0 Å². The van der Waals surface area contributed by atoms with E-state index in [1.165, 1.54) is 38.5 Å². The molecular formula is C20H40N2O2. The first-order chi connectivity index (χ1) is 11.4. The van der Waals surface area contributed by atoms with Gasteiger partial charge in [0.1, 0.15) is 6.04 Å². The highest BCUT2D eigenvalue weighted by Crippen LogP contribution is 2.08. The van der Waals surface area contributed by atoms with E-state index < -0.39 is 6.04 Å². The zero-order valence-corrected chi connectivity index (χ0v) is 16.7. The third kappa shape index (κ3) is 11.5. The number of hydrogen-bond donors (Lipinski definition) is 1. The van der Waals surface area contributed by atoms with E-state index in [1.807, 2.05) is 25.7 Å². The van der Waals surface area contributed by atoms with E-state index in [1.54, 1.807) is 0 Å². The highest BCUT2D eigenvalue weighted by atomic mass is 16.2. The van der Waals surface area contributed by atoms with Gasteiger partial charge in [-0.15, -0.1) is 0 Å². The molecule has 24 heavy (non-hydrogen) atoms. The van der Waals surface area contributed by atoms with E-state index in [4.69, 9.17) is 0 Å². The Labute approximate surface area is 149 Å². The van der Waals surface area contributed by atoms with Gasteiger partial charge in [-0.3, -0.25) is 9.59 Å². The molecule has 0 aliphatic carbocycles. The molecule has 0 radical (unpaired) electrons. The van der Waals surface area contributed by atoms with Gasteiger partial charge in [0.2, 0.25) is 11.8 Å². The normalized spacial score (nSPS) is 12.2. The van der Waals surface area contributed by atoms with Crippen molar-refractivity contribution in [3.63, 3.8) is 0 Å². The first kappa shape index (κ1) is 22.9. The van der Waals surface area contributed by atoms with Gasteiger partial charge in [0.05, 0.1) is 0 Å². The third-order valence-electron chi connectivity index (χ3n) is 4.22. The summed E-state index contributed by atoms with van der Waals surface area (Å²) in [5.41, 5.74) is 0. The summed E-state index contributed by atoms with van der Waals surface area (Å²) in [7, 11) is 0. The van der Waals surface area contributed by atoms with Crippen LogP contribution in [0, 0.1) is 5.92 Å². The number of unbranched alkanes of at least 4 members (excludes halogenated alkanes) is 6. The summed E-state index contributed by atoms with van der Waals surface area (Å²) in [6, 6.07) is -0.423. The van der Waals surface area contributed by atoms with Crippen LogP contribution < -0.4 is 5.32 Å². The number of carbonyl (C=O) groups excluding carboxylic acids is 2. The van der Waals surface area contributed by atoms with Gasteiger partial charge in [-0.25, -0.2) is 0 Å². The molecular weight excluding hydrogens is 300 g/mol. The molecule has 0 fully saturated rings. The van der Waals surface area contributed by atoms with Gasteiger partial charge in [0.25, 0.3) is 0 Å². The maximum Gasteiger partial charge on any atom is 0.244 e. The van der Waals surface area contributed by atoms with Crippen molar-refractivity contribution < 1.29 is 9.59 Å². The Kier molecular flexibility index (Phi) is 13.7. The van der Waals surface area contributed by atoms with Crippen LogP contribution in [-0.4, -0.2) is 35.8 Å². The Morgan fingerprint density at radius 1 is 0.833 bits per heavy atom. The summed E-state index contributed by atoms with van der Waals surface area (Å²) < 4.78 is 0. The van der Waals surface area contributed by atoms with Crippen molar-refractivity contribution in [1.82, 2.24) is 10.2 Å². The first-order valence-electron chi connectivity index (χ1n) is 10.00. The molecule has 0 aromatic carbocycles. The summed E-state index contributed by atoms with van der Waals surface area (Å²) >= 11 is 0. The zero-order valence-electron chi connectivity index (χ0n) is 16.7. The minimum atomic E-state index is -0.423. The lowest BCUT2D eigenvalue weighted by Crippen LogP contribution is -2.47. The fourth-order valence-electron chi connectivity index (χ4n) is 2.80. The van der Waals surface area contributed by atoms with E-state index in [9.17, 15) is 9.59 Å². The van der Waals surface area contributed by atoms with Crippen molar-refractivity contribution in [1.29, 1.82) is 0 Å². The van der Waals surface area contributed by atoms with E-state index in [2.05, 4.69) is 19.2 Å². The Morgan fingerprint density at radius 3 is 1.75 bits per heavy atom. The average molecular weight is 341 g/mol. The Balaban J connectivity index is 4.47. The lowest BCUT2D eigenvalue weighted by molar-refractivity contribution is -0.136. The van der Waals surface area contributed by atoms with Crippen molar-refractivity contribution >= 4 is 11.8 Å². The lowest BCUT2D eigenvalue weighted by atomic mass is 10.1.